The Hall–Kier alpha value is -0.870. The van der Waals surface area contributed by atoms with Crippen molar-refractivity contribution in [3.8, 4) is 0 Å². The van der Waals surface area contributed by atoms with Gasteiger partial charge in [-0.15, -0.1) is 0 Å². The number of aromatic nitrogens is 2. The molecule has 2 aromatic rings. The Bertz CT molecular complexity index is 377. The molecule has 0 spiro atoms. The maximum atomic E-state index is 8.91. The highest BCUT2D eigenvalue weighted by atomic mass is 32.1. The van der Waals surface area contributed by atoms with Crippen LogP contribution in [0.25, 0.3) is 4.96 Å². The minimum atomic E-state index is 0.111. The third kappa shape index (κ3) is 0.868. The zero-order valence-electron chi connectivity index (χ0n) is 6.11. The summed E-state index contributed by atoms with van der Waals surface area (Å²) in [5.74, 6) is 0. The summed E-state index contributed by atoms with van der Waals surface area (Å²) < 4.78 is 1.98. The van der Waals surface area contributed by atoms with Gasteiger partial charge in [0.05, 0.1) is 11.5 Å². The van der Waals surface area contributed by atoms with Crippen molar-refractivity contribution in [1.82, 2.24) is 9.38 Å². The van der Waals surface area contributed by atoms with Crippen molar-refractivity contribution >= 4 is 16.3 Å². The van der Waals surface area contributed by atoms with E-state index in [1.807, 2.05) is 17.5 Å². The minimum absolute atomic E-state index is 0.111. The largest absolute Gasteiger partial charge is 0.391 e. The van der Waals surface area contributed by atoms with Gasteiger partial charge in [0.1, 0.15) is 0 Å². The molecule has 0 saturated carbocycles. The van der Waals surface area contributed by atoms with Gasteiger partial charge >= 0.3 is 0 Å². The van der Waals surface area contributed by atoms with E-state index in [2.05, 4.69) is 4.98 Å². The Kier molecular flexibility index (Phi) is 1.44. The summed E-state index contributed by atoms with van der Waals surface area (Å²) >= 11 is 1.53. The quantitative estimate of drug-likeness (QED) is 0.694. The van der Waals surface area contributed by atoms with E-state index >= 15 is 0 Å². The van der Waals surface area contributed by atoms with Crippen molar-refractivity contribution in [1.29, 1.82) is 0 Å². The number of fused-ring (bicyclic) bond motifs is 1. The molecule has 58 valence electrons. The van der Waals surface area contributed by atoms with Crippen molar-refractivity contribution in [2.75, 3.05) is 0 Å². The highest BCUT2D eigenvalue weighted by molar-refractivity contribution is 7.17. The Labute approximate surface area is 67.9 Å². The Morgan fingerprint density at radius 1 is 1.73 bits per heavy atom. The summed E-state index contributed by atoms with van der Waals surface area (Å²) in [6, 6.07) is 0. The number of nitrogens with zero attached hydrogens (tertiary/aromatic N) is 2. The maximum Gasteiger partial charge on any atom is 0.194 e. The zero-order chi connectivity index (χ0) is 7.84. The molecule has 0 aliphatic heterocycles. The topological polar surface area (TPSA) is 37.5 Å². The van der Waals surface area contributed by atoms with Crippen LogP contribution in [-0.2, 0) is 6.61 Å². The first-order chi connectivity index (χ1) is 5.33. The van der Waals surface area contributed by atoms with Crippen LogP contribution < -0.4 is 0 Å². The van der Waals surface area contributed by atoms with E-state index in [1.165, 1.54) is 11.3 Å². The lowest BCUT2D eigenvalue weighted by molar-refractivity contribution is 0.284. The lowest BCUT2D eigenvalue weighted by atomic mass is 10.4. The molecule has 0 radical (unpaired) electrons. The smallest absolute Gasteiger partial charge is 0.194 e. The summed E-state index contributed by atoms with van der Waals surface area (Å²) in [5, 5.41) is 8.91. The lowest BCUT2D eigenvalue weighted by Crippen LogP contribution is -1.85. The van der Waals surface area contributed by atoms with Crippen molar-refractivity contribution in [2.24, 2.45) is 0 Å². The first kappa shape index (κ1) is 6.82. The highest BCUT2D eigenvalue weighted by Crippen LogP contribution is 2.20. The van der Waals surface area contributed by atoms with Gasteiger partial charge in [0.2, 0.25) is 0 Å². The van der Waals surface area contributed by atoms with Gasteiger partial charge < -0.3 is 5.11 Å². The minimum Gasteiger partial charge on any atom is -0.391 e. The predicted octanol–water partition coefficient (Wildman–Crippen LogP) is 1.20. The predicted molar refractivity (Wildman–Crippen MR) is 43.7 cm³/mol. The molecule has 0 aliphatic carbocycles. The van der Waals surface area contributed by atoms with Gasteiger partial charge in [0.15, 0.2) is 4.96 Å². The summed E-state index contributed by atoms with van der Waals surface area (Å²) in [6.45, 7) is 2.09. The molecule has 11 heavy (non-hydrogen) atoms. The number of rotatable bonds is 1. The number of aliphatic hydroxyl groups is 1. The molecular weight excluding hydrogens is 160 g/mol. The molecule has 0 bridgehead atoms. The van der Waals surface area contributed by atoms with E-state index in [9.17, 15) is 0 Å². The zero-order valence-corrected chi connectivity index (χ0v) is 6.93. The number of aryl methyl sites for hydroxylation is 1. The fraction of sp³-hybridized carbons (Fsp3) is 0.286. The Balaban J connectivity index is 2.76. The summed E-state index contributed by atoms with van der Waals surface area (Å²) in [7, 11) is 0. The molecule has 2 rings (SSSR count). The molecule has 4 heteroatoms. The van der Waals surface area contributed by atoms with Crippen molar-refractivity contribution in [2.45, 2.75) is 13.5 Å². The van der Waals surface area contributed by atoms with Crippen LogP contribution in [0.1, 0.15) is 10.6 Å². The second-order valence-electron chi connectivity index (χ2n) is 2.35. The van der Waals surface area contributed by atoms with Crippen molar-refractivity contribution < 1.29 is 5.11 Å². The third-order valence-electron chi connectivity index (χ3n) is 1.73. The van der Waals surface area contributed by atoms with Crippen LogP contribution in [0.3, 0.4) is 0 Å². The van der Waals surface area contributed by atoms with E-state index in [0.717, 1.165) is 15.5 Å². The van der Waals surface area contributed by atoms with Crippen LogP contribution in [0.5, 0.6) is 0 Å². The molecule has 0 unspecified atom stereocenters. The van der Waals surface area contributed by atoms with Crippen LogP contribution in [0.15, 0.2) is 12.4 Å². The fourth-order valence-electron chi connectivity index (χ4n) is 1.09. The molecule has 3 nitrogen and oxygen atoms in total. The molecule has 0 aromatic carbocycles. The number of aliphatic hydroxyl groups excluding tert-OH is 1. The average Bonchev–Trinajstić information content (AvgIpc) is 2.53. The molecular formula is C7H8N2OS. The van der Waals surface area contributed by atoms with Crippen LogP contribution in [0.4, 0.5) is 0 Å². The molecule has 0 atom stereocenters. The normalized spacial score (nSPS) is 11.1. The molecule has 0 aliphatic rings. The average molecular weight is 168 g/mol. The van der Waals surface area contributed by atoms with Gasteiger partial charge in [-0.3, -0.25) is 4.40 Å². The molecule has 1 N–H and O–H groups in total. The van der Waals surface area contributed by atoms with Crippen LogP contribution in [0.2, 0.25) is 0 Å². The van der Waals surface area contributed by atoms with E-state index in [1.54, 1.807) is 6.20 Å². The first-order valence-corrected chi connectivity index (χ1v) is 4.17. The second kappa shape index (κ2) is 2.32. The van der Waals surface area contributed by atoms with Crippen LogP contribution >= 0.6 is 11.3 Å². The molecule has 2 aromatic heterocycles. The van der Waals surface area contributed by atoms with Crippen molar-refractivity contribution in [3.63, 3.8) is 0 Å². The summed E-state index contributed by atoms with van der Waals surface area (Å²) in [5.41, 5.74) is 1.09. The van der Waals surface area contributed by atoms with Gasteiger partial charge in [0.25, 0.3) is 0 Å². The highest BCUT2D eigenvalue weighted by Gasteiger charge is 2.06. The first-order valence-electron chi connectivity index (χ1n) is 3.35. The lowest BCUT2D eigenvalue weighted by Gasteiger charge is -1.90. The fourth-order valence-corrected chi connectivity index (χ4v) is 2.03. The van der Waals surface area contributed by atoms with E-state index < -0.39 is 0 Å². The number of hydrogen-bond donors (Lipinski definition) is 1. The maximum absolute atomic E-state index is 8.91. The molecule has 2 heterocycles. The van der Waals surface area contributed by atoms with Gasteiger partial charge in [-0.25, -0.2) is 4.98 Å². The number of thiazole rings is 1. The van der Waals surface area contributed by atoms with E-state index in [4.69, 9.17) is 5.11 Å². The van der Waals surface area contributed by atoms with Gasteiger partial charge in [-0.2, -0.15) is 0 Å². The number of imidazole rings is 1. The monoisotopic (exact) mass is 168 g/mol. The Morgan fingerprint density at radius 3 is 3.18 bits per heavy atom. The van der Waals surface area contributed by atoms with Crippen molar-refractivity contribution in [3.05, 3.63) is 23.0 Å². The molecule has 0 fully saturated rings. The second-order valence-corrected chi connectivity index (χ2v) is 3.41. The summed E-state index contributed by atoms with van der Waals surface area (Å²) in [4.78, 5) is 6.06. The summed E-state index contributed by atoms with van der Waals surface area (Å²) in [6.07, 6.45) is 3.67. The SMILES string of the molecule is Cc1c(CO)sc2nccn12. The molecule has 0 amide bonds. The van der Waals surface area contributed by atoms with E-state index in [0.29, 0.717) is 0 Å². The number of hydrogen-bond acceptors (Lipinski definition) is 3. The van der Waals surface area contributed by atoms with Crippen LogP contribution in [0, 0.1) is 6.92 Å². The molecule has 0 saturated heterocycles. The van der Waals surface area contributed by atoms with Crippen LogP contribution in [-0.4, -0.2) is 14.5 Å². The standard InChI is InChI=1S/C7H8N2OS/c1-5-6(4-10)11-7-8-2-3-9(5)7/h2-3,10H,4H2,1H3. The van der Waals surface area contributed by atoms with Gasteiger partial charge in [-0.05, 0) is 6.92 Å². The van der Waals surface area contributed by atoms with Gasteiger partial charge in [-0.1, -0.05) is 11.3 Å². The van der Waals surface area contributed by atoms with E-state index in [-0.39, 0.29) is 6.61 Å². The van der Waals surface area contributed by atoms with Gasteiger partial charge in [0, 0.05) is 18.1 Å². The Morgan fingerprint density at radius 2 is 2.55 bits per heavy atom. The third-order valence-corrected chi connectivity index (χ3v) is 2.89.